The van der Waals surface area contributed by atoms with Gasteiger partial charge in [-0.25, -0.2) is 0 Å². The fraction of sp³-hybridized carbons (Fsp3) is 0.588. The molecule has 1 amide bonds. The molecule has 0 atom stereocenters. The van der Waals surface area contributed by atoms with Crippen molar-refractivity contribution in [3.8, 4) is 0 Å². The number of hydrogen-bond acceptors (Lipinski definition) is 3. The van der Waals surface area contributed by atoms with E-state index in [9.17, 15) is 4.79 Å². The lowest BCUT2D eigenvalue weighted by atomic mass is 10.1. The Bertz CT molecular complexity index is 477. The standard InChI is InChI=1S/C17H27N3O/c1-13(2)20(14(3)4)17(21)12-19-10-9-18-11-15-7-5-6-8-16(15)19/h5-8,13-14,18H,9-12H2,1-4H3. The first-order valence-corrected chi connectivity index (χ1v) is 7.85. The van der Waals surface area contributed by atoms with Crippen LogP contribution < -0.4 is 10.2 Å². The number of hydrogen-bond donors (Lipinski definition) is 1. The lowest BCUT2D eigenvalue weighted by molar-refractivity contribution is -0.133. The summed E-state index contributed by atoms with van der Waals surface area (Å²) in [7, 11) is 0. The number of benzene rings is 1. The molecule has 1 aliphatic rings. The third-order valence-corrected chi connectivity index (χ3v) is 3.93. The minimum absolute atomic E-state index is 0.205. The van der Waals surface area contributed by atoms with Crippen LogP contribution >= 0.6 is 0 Å². The van der Waals surface area contributed by atoms with Gasteiger partial charge in [0.1, 0.15) is 0 Å². The van der Waals surface area contributed by atoms with E-state index in [4.69, 9.17) is 0 Å². The molecular formula is C17H27N3O. The van der Waals surface area contributed by atoms with Crippen molar-refractivity contribution < 1.29 is 4.79 Å². The Kier molecular flexibility index (Phi) is 5.23. The summed E-state index contributed by atoms with van der Waals surface area (Å²) in [4.78, 5) is 16.9. The van der Waals surface area contributed by atoms with Crippen LogP contribution in [0.25, 0.3) is 0 Å². The molecule has 0 aromatic heterocycles. The molecule has 0 aliphatic carbocycles. The molecule has 1 N–H and O–H groups in total. The van der Waals surface area contributed by atoms with Gasteiger partial charge in [-0.15, -0.1) is 0 Å². The van der Waals surface area contributed by atoms with Gasteiger partial charge in [0.2, 0.25) is 5.91 Å². The second kappa shape index (κ2) is 6.94. The number of fused-ring (bicyclic) bond motifs is 1. The van der Waals surface area contributed by atoms with Gasteiger partial charge < -0.3 is 15.1 Å². The number of anilines is 1. The topological polar surface area (TPSA) is 35.6 Å². The Morgan fingerprint density at radius 1 is 1.24 bits per heavy atom. The van der Waals surface area contributed by atoms with Gasteiger partial charge in [0, 0.05) is 37.4 Å². The highest BCUT2D eigenvalue weighted by Gasteiger charge is 2.24. The summed E-state index contributed by atoms with van der Waals surface area (Å²) in [6, 6.07) is 8.82. The SMILES string of the molecule is CC(C)N(C(=O)CN1CCNCc2ccccc21)C(C)C. The van der Waals surface area contributed by atoms with Crippen LogP contribution in [0.4, 0.5) is 5.69 Å². The number of nitrogens with one attached hydrogen (secondary N) is 1. The number of carbonyl (C=O) groups is 1. The van der Waals surface area contributed by atoms with Gasteiger partial charge in [-0.3, -0.25) is 4.79 Å². The van der Waals surface area contributed by atoms with Crippen molar-refractivity contribution in [2.75, 3.05) is 24.5 Å². The third kappa shape index (κ3) is 3.76. The molecule has 0 unspecified atom stereocenters. The van der Waals surface area contributed by atoms with Gasteiger partial charge in [-0.2, -0.15) is 0 Å². The molecule has 116 valence electrons. The summed E-state index contributed by atoms with van der Waals surface area (Å²) < 4.78 is 0. The van der Waals surface area contributed by atoms with E-state index in [1.165, 1.54) is 11.3 Å². The van der Waals surface area contributed by atoms with Crippen LogP contribution in [0.5, 0.6) is 0 Å². The zero-order valence-corrected chi connectivity index (χ0v) is 13.6. The molecule has 4 nitrogen and oxygen atoms in total. The zero-order chi connectivity index (χ0) is 15.4. The molecule has 4 heteroatoms. The second-order valence-corrected chi connectivity index (χ2v) is 6.22. The van der Waals surface area contributed by atoms with Gasteiger partial charge in [0.05, 0.1) is 6.54 Å². The van der Waals surface area contributed by atoms with Crippen LogP contribution in [0, 0.1) is 0 Å². The highest BCUT2D eigenvalue weighted by Crippen LogP contribution is 2.22. The van der Waals surface area contributed by atoms with Gasteiger partial charge in [-0.1, -0.05) is 18.2 Å². The van der Waals surface area contributed by atoms with E-state index in [0.717, 1.165) is 19.6 Å². The first-order valence-electron chi connectivity index (χ1n) is 7.85. The summed E-state index contributed by atoms with van der Waals surface area (Å²) in [5, 5.41) is 3.41. The van der Waals surface area contributed by atoms with Crippen LogP contribution in [0.2, 0.25) is 0 Å². The maximum absolute atomic E-state index is 12.7. The van der Waals surface area contributed by atoms with Gasteiger partial charge in [0.15, 0.2) is 0 Å². The molecule has 0 radical (unpaired) electrons. The number of carbonyl (C=O) groups excluding carboxylic acids is 1. The number of para-hydroxylation sites is 1. The molecule has 1 heterocycles. The smallest absolute Gasteiger partial charge is 0.242 e. The zero-order valence-electron chi connectivity index (χ0n) is 13.6. The summed E-state index contributed by atoms with van der Waals surface area (Å²) in [5.74, 6) is 0.205. The summed E-state index contributed by atoms with van der Waals surface area (Å²) in [6.45, 7) is 11.4. The normalized spacial score (nSPS) is 15.0. The van der Waals surface area contributed by atoms with Gasteiger partial charge in [-0.05, 0) is 39.3 Å². The molecule has 21 heavy (non-hydrogen) atoms. The van der Waals surface area contributed by atoms with Crippen molar-refractivity contribution in [3.05, 3.63) is 29.8 Å². The van der Waals surface area contributed by atoms with Crippen molar-refractivity contribution in [1.82, 2.24) is 10.2 Å². The predicted octanol–water partition coefficient (Wildman–Crippen LogP) is 2.24. The fourth-order valence-electron chi connectivity index (χ4n) is 3.11. The Morgan fingerprint density at radius 3 is 2.57 bits per heavy atom. The van der Waals surface area contributed by atoms with Crippen molar-refractivity contribution in [2.45, 2.75) is 46.3 Å². The maximum atomic E-state index is 12.7. The summed E-state index contributed by atoms with van der Waals surface area (Å²) >= 11 is 0. The summed E-state index contributed by atoms with van der Waals surface area (Å²) in [6.07, 6.45) is 0. The van der Waals surface area contributed by atoms with E-state index < -0.39 is 0 Å². The van der Waals surface area contributed by atoms with E-state index in [0.29, 0.717) is 6.54 Å². The first kappa shape index (κ1) is 15.8. The largest absolute Gasteiger partial charge is 0.361 e. The average molecular weight is 289 g/mol. The molecule has 0 saturated carbocycles. The minimum Gasteiger partial charge on any atom is -0.361 e. The van der Waals surface area contributed by atoms with Crippen LogP contribution in [0.15, 0.2) is 24.3 Å². The number of rotatable bonds is 4. The Morgan fingerprint density at radius 2 is 1.90 bits per heavy atom. The molecular weight excluding hydrogens is 262 g/mol. The van der Waals surface area contributed by atoms with Crippen LogP contribution in [-0.4, -0.2) is 42.5 Å². The van der Waals surface area contributed by atoms with Crippen LogP contribution in [0.1, 0.15) is 33.3 Å². The monoisotopic (exact) mass is 289 g/mol. The number of amides is 1. The molecule has 1 aliphatic heterocycles. The molecule has 0 saturated heterocycles. The van der Waals surface area contributed by atoms with Crippen molar-refractivity contribution in [1.29, 1.82) is 0 Å². The molecule has 0 bridgehead atoms. The lowest BCUT2D eigenvalue weighted by Gasteiger charge is -2.34. The molecule has 1 aromatic carbocycles. The van der Waals surface area contributed by atoms with Crippen LogP contribution in [0.3, 0.4) is 0 Å². The van der Waals surface area contributed by atoms with E-state index in [2.05, 4.69) is 56.1 Å². The van der Waals surface area contributed by atoms with Gasteiger partial charge in [0.25, 0.3) is 0 Å². The maximum Gasteiger partial charge on any atom is 0.242 e. The first-order chi connectivity index (χ1) is 10.0. The van der Waals surface area contributed by atoms with Crippen molar-refractivity contribution in [2.24, 2.45) is 0 Å². The lowest BCUT2D eigenvalue weighted by Crippen LogP contribution is -2.47. The fourth-order valence-corrected chi connectivity index (χ4v) is 3.11. The van der Waals surface area contributed by atoms with Crippen LogP contribution in [-0.2, 0) is 11.3 Å². The van der Waals surface area contributed by atoms with Crippen molar-refractivity contribution in [3.63, 3.8) is 0 Å². The molecule has 2 rings (SSSR count). The molecule has 0 fully saturated rings. The quantitative estimate of drug-likeness (QED) is 0.923. The summed E-state index contributed by atoms with van der Waals surface area (Å²) in [5.41, 5.74) is 2.45. The minimum atomic E-state index is 0.205. The van der Waals surface area contributed by atoms with E-state index in [-0.39, 0.29) is 18.0 Å². The highest BCUT2D eigenvalue weighted by atomic mass is 16.2. The van der Waals surface area contributed by atoms with Gasteiger partial charge >= 0.3 is 0 Å². The van der Waals surface area contributed by atoms with Crippen molar-refractivity contribution >= 4 is 11.6 Å². The Balaban J connectivity index is 2.17. The number of nitrogens with zero attached hydrogens (tertiary/aromatic N) is 2. The predicted molar refractivity (Wildman–Crippen MR) is 87.5 cm³/mol. The van der Waals surface area contributed by atoms with E-state index in [1.54, 1.807) is 0 Å². The third-order valence-electron chi connectivity index (χ3n) is 3.93. The van der Waals surface area contributed by atoms with E-state index in [1.807, 2.05) is 11.0 Å². The van der Waals surface area contributed by atoms with E-state index >= 15 is 0 Å². The Labute approximate surface area is 128 Å². The Hall–Kier alpha value is -1.55. The highest BCUT2D eigenvalue weighted by molar-refractivity contribution is 5.82. The molecule has 1 aromatic rings. The average Bonchev–Trinajstić information content (AvgIpc) is 2.61. The molecule has 0 spiro atoms. The second-order valence-electron chi connectivity index (χ2n) is 6.22.